The molecule has 0 aliphatic carbocycles. The lowest BCUT2D eigenvalue weighted by Crippen LogP contribution is -2.38. The molecule has 5 atom stereocenters. The molecule has 90 valence electrons. The van der Waals surface area contributed by atoms with E-state index in [9.17, 15) is 9.90 Å². The average molecular weight is 226 g/mol. The lowest BCUT2D eigenvalue weighted by atomic mass is 9.80. The molecule has 4 heteroatoms. The summed E-state index contributed by atoms with van der Waals surface area (Å²) in [5.74, 6) is -0.735. The Morgan fingerprint density at radius 1 is 1.62 bits per heavy atom. The number of aliphatic hydroxyl groups is 1. The molecule has 5 unspecified atom stereocenters. The number of aliphatic hydroxyl groups excluding tert-OH is 1. The van der Waals surface area contributed by atoms with Crippen LogP contribution in [0.3, 0.4) is 0 Å². The normalized spacial score (nSPS) is 35.1. The highest BCUT2D eigenvalue weighted by Gasteiger charge is 2.46. The van der Waals surface area contributed by atoms with Crippen molar-refractivity contribution in [2.75, 3.05) is 6.61 Å². The summed E-state index contributed by atoms with van der Waals surface area (Å²) in [5.41, 5.74) is 0. The third kappa shape index (κ3) is 1.99. The Balaban J connectivity index is 2.08. The summed E-state index contributed by atoms with van der Waals surface area (Å²) >= 11 is 0. The monoisotopic (exact) mass is 226 g/mol. The van der Waals surface area contributed by atoms with E-state index in [4.69, 9.17) is 9.47 Å². The fraction of sp³-hybridized carbons (Fsp3) is 0.750. The minimum atomic E-state index is -0.694. The molecule has 2 aliphatic rings. The molecule has 2 rings (SSSR count). The van der Waals surface area contributed by atoms with Crippen molar-refractivity contribution in [2.45, 2.75) is 38.6 Å². The van der Waals surface area contributed by atoms with E-state index in [-0.39, 0.29) is 24.1 Å². The zero-order valence-electron chi connectivity index (χ0n) is 9.63. The molecule has 16 heavy (non-hydrogen) atoms. The summed E-state index contributed by atoms with van der Waals surface area (Å²) in [5, 5.41) is 9.72. The molecule has 2 aliphatic heterocycles. The van der Waals surface area contributed by atoms with Gasteiger partial charge in [-0.3, -0.25) is 4.79 Å². The second-order valence-corrected chi connectivity index (χ2v) is 4.44. The Morgan fingerprint density at radius 3 is 2.81 bits per heavy atom. The molecule has 2 bridgehead atoms. The quantitative estimate of drug-likeness (QED) is 0.571. The topological polar surface area (TPSA) is 55.8 Å². The Morgan fingerprint density at radius 2 is 2.38 bits per heavy atom. The minimum Gasteiger partial charge on any atom is -0.466 e. The van der Waals surface area contributed by atoms with Crippen molar-refractivity contribution in [3.8, 4) is 0 Å². The zero-order chi connectivity index (χ0) is 11.7. The fourth-order valence-corrected chi connectivity index (χ4v) is 2.63. The maximum atomic E-state index is 11.8. The molecular formula is C12H18O4. The van der Waals surface area contributed by atoms with Crippen molar-refractivity contribution in [3.05, 3.63) is 12.2 Å². The number of rotatable bonds is 4. The van der Waals surface area contributed by atoms with Gasteiger partial charge >= 0.3 is 5.97 Å². The van der Waals surface area contributed by atoms with Gasteiger partial charge in [0.15, 0.2) is 0 Å². The van der Waals surface area contributed by atoms with Crippen molar-refractivity contribution in [1.29, 1.82) is 0 Å². The van der Waals surface area contributed by atoms with Crippen molar-refractivity contribution >= 4 is 5.97 Å². The standard InChI is InChI=1S/C12H18O4/c1-3-15-12(14)11(7(2)13)9-6-8-4-5-10(9)16-8/h4-5,7-11,13H,3,6H2,1-2H3. The maximum absolute atomic E-state index is 11.8. The van der Waals surface area contributed by atoms with E-state index >= 15 is 0 Å². The molecule has 0 amide bonds. The van der Waals surface area contributed by atoms with Crippen molar-refractivity contribution < 1.29 is 19.4 Å². The van der Waals surface area contributed by atoms with E-state index in [1.165, 1.54) is 0 Å². The first kappa shape index (κ1) is 11.6. The van der Waals surface area contributed by atoms with Crippen LogP contribution in [-0.4, -0.2) is 36.0 Å². The maximum Gasteiger partial charge on any atom is 0.311 e. The number of hydrogen-bond acceptors (Lipinski definition) is 4. The van der Waals surface area contributed by atoms with Crippen LogP contribution in [0.1, 0.15) is 20.3 Å². The number of hydrogen-bond donors (Lipinski definition) is 1. The summed E-state index contributed by atoms with van der Waals surface area (Å²) < 4.78 is 10.6. The Kier molecular flexibility index (Phi) is 3.30. The first-order chi connectivity index (χ1) is 7.63. The highest BCUT2D eigenvalue weighted by atomic mass is 16.5. The molecule has 0 spiro atoms. The highest BCUT2D eigenvalue weighted by Crippen LogP contribution is 2.39. The molecule has 4 nitrogen and oxygen atoms in total. The van der Waals surface area contributed by atoms with Crippen LogP contribution in [0, 0.1) is 11.8 Å². The molecule has 0 aromatic carbocycles. The van der Waals surface area contributed by atoms with E-state index in [1.807, 2.05) is 12.2 Å². The van der Waals surface area contributed by atoms with Gasteiger partial charge in [-0.2, -0.15) is 0 Å². The lowest BCUT2D eigenvalue weighted by molar-refractivity contribution is -0.155. The summed E-state index contributed by atoms with van der Waals surface area (Å²) in [6.07, 6.45) is 4.19. The van der Waals surface area contributed by atoms with Crippen LogP contribution >= 0.6 is 0 Å². The number of carbonyl (C=O) groups is 1. The first-order valence-corrected chi connectivity index (χ1v) is 5.82. The van der Waals surface area contributed by atoms with Crippen molar-refractivity contribution in [3.63, 3.8) is 0 Å². The van der Waals surface area contributed by atoms with Gasteiger partial charge in [0.05, 0.1) is 30.8 Å². The van der Waals surface area contributed by atoms with Crippen LogP contribution in [0.5, 0.6) is 0 Å². The number of fused-ring (bicyclic) bond motifs is 2. The lowest BCUT2D eigenvalue weighted by Gasteiger charge is -2.27. The van der Waals surface area contributed by atoms with Gasteiger partial charge in [-0.15, -0.1) is 0 Å². The van der Waals surface area contributed by atoms with Gasteiger partial charge in [0.2, 0.25) is 0 Å². The number of ether oxygens (including phenoxy) is 2. The molecule has 0 aromatic rings. The fourth-order valence-electron chi connectivity index (χ4n) is 2.63. The first-order valence-electron chi connectivity index (χ1n) is 5.82. The van der Waals surface area contributed by atoms with E-state index in [0.29, 0.717) is 6.61 Å². The smallest absolute Gasteiger partial charge is 0.311 e. The highest BCUT2D eigenvalue weighted by molar-refractivity contribution is 5.73. The number of carbonyl (C=O) groups excluding carboxylic acids is 1. The molecule has 0 aromatic heterocycles. The van der Waals surface area contributed by atoms with E-state index in [0.717, 1.165) is 6.42 Å². The predicted octanol–water partition coefficient (Wildman–Crippen LogP) is 0.890. The summed E-state index contributed by atoms with van der Waals surface area (Å²) in [6.45, 7) is 3.76. The van der Waals surface area contributed by atoms with Gasteiger partial charge in [0, 0.05) is 5.92 Å². The van der Waals surface area contributed by atoms with E-state index in [1.54, 1.807) is 13.8 Å². The SMILES string of the molecule is CCOC(=O)C(C(C)O)C1CC2C=CC1O2. The Bertz CT molecular complexity index is 297. The largest absolute Gasteiger partial charge is 0.466 e. The van der Waals surface area contributed by atoms with Gasteiger partial charge < -0.3 is 14.6 Å². The third-order valence-corrected chi connectivity index (χ3v) is 3.31. The molecule has 0 saturated carbocycles. The second-order valence-electron chi connectivity index (χ2n) is 4.44. The zero-order valence-corrected chi connectivity index (χ0v) is 9.63. The van der Waals surface area contributed by atoms with Crippen LogP contribution in [0.15, 0.2) is 12.2 Å². The van der Waals surface area contributed by atoms with Gasteiger partial charge in [0.25, 0.3) is 0 Å². The third-order valence-electron chi connectivity index (χ3n) is 3.31. The van der Waals surface area contributed by atoms with Crippen LogP contribution in [0.2, 0.25) is 0 Å². The minimum absolute atomic E-state index is 0.0333. The molecule has 1 saturated heterocycles. The summed E-state index contributed by atoms with van der Waals surface area (Å²) in [4.78, 5) is 11.8. The predicted molar refractivity (Wildman–Crippen MR) is 57.7 cm³/mol. The Hall–Kier alpha value is -0.870. The van der Waals surface area contributed by atoms with Gasteiger partial charge in [-0.05, 0) is 20.3 Å². The summed E-state index contributed by atoms with van der Waals surface area (Å²) in [7, 11) is 0. The molecule has 0 radical (unpaired) electrons. The van der Waals surface area contributed by atoms with Crippen LogP contribution in [0.4, 0.5) is 0 Å². The average Bonchev–Trinajstić information content (AvgIpc) is 2.79. The van der Waals surface area contributed by atoms with Gasteiger partial charge in [0.1, 0.15) is 0 Å². The van der Waals surface area contributed by atoms with Gasteiger partial charge in [-0.25, -0.2) is 0 Å². The van der Waals surface area contributed by atoms with Crippen LogP contribution < -0.4 is 0 Å². The molecular weight excluding hydrogens is 208 g/mol. The molecule has 1 fully saturated rings. The van der Waals surface area contributed by atoms with E-state index in [2.05, 4.69) is 0 Å². The van der Waals surface area contributed by atoms with Crippen LogP contribution in [0.25, 0.3) is 0 Å². The van der Waals surface area contributed by atoms with E-state index < -0.39 is 12.0 Å². The van der Waals surface area contributed by atoms with Crippen molar-refractivity contribution in [1.82, 2.24) is 0 Å². The summed E-state index contributed by atoms with van der Waals surface area (Å²) in [6, 6.07) is 0. The molecule has 2 heterocycles. The Labute approximate surface area is 95.2 Å². The number of esters is 1. The second kappa shape index (κ2) is 4.55. The van der Waals surface area contributed by atoms with Crippen molar-refractivity contribution in [2.24, 2.45) is 11.8 Å². The van der Waals surface area contributed by atoms with Crippen LogP contribution in [-0.2, 0) is 14.3 Å². The molecule has 1 N–H and O–H groups in total. The van der Waals surface area contributed by atoms with Gasteiger partial charge in [-0.1, -0.05) is 12.2 Å².